The second kappa shape index (κ2) is 14.6. The molecule has 1 spiro atoms. The third-order valence-electron chi connectivity index (χ3n) is 9.42. The number of β-amino-alcohol motifs (C(OH)–C–C–N with tert-alkyl or cyclic N) is 1. The molecule has 1 unspecified atom stereocenters. The highest BCUT2D eigenvalue weighted by atomic mass is 79.9. The van der Waals surface area contributed by atoms with Crippen LogP contribution in [0.3, 0.4) is 0 Å². The summed E-state index contributed by atoms with van der Waals surface area (Å²) in [6, 6.07) is 7.47. The Morgan fingerprint density at radius 2 is 1.87 bits per heavy atom. The van der Waals surface area contributed by atoms with Crippen molar-refractivity contribution in [2.45, 2.75) is 94.5 Å². The Hall–Kier alpha value is -3.02. The van der Waals surface area contributed by atoms with Crippen molar-refractivity contribution in [1.29, 1.82) is 0 Å². The first kappa shape index (κ1) is 36.8. The number of halogens is 1. The fourth-order valence-electron chi connectivity index (χ4n) is 8.01. The largest absolute Gasteiger partial charge is 0.463 e. The average molecular weight is 717 g/mol. The van der Waals surface area contributed by atoms with Gasteiger partial charge in [0.1, 0.15) is 18.2 Å². The maximum absolute atomic E-state index is 14.7. The number of allylic oxidation sites excluding steroid dienone is 1. The predicted octanol–water partition coefficient (Wildman–Crippen LogP) is 4.32. The molecule has 4 rings (SSSR count). The van der Waals surface area contributed by atoms with Crippen molar-refractivity contribution < 1.29 is 33.8 Å². The number of benzene rings is 1. The molecule has 11 heteroatoms. The Kier molecular flexibility index (Phi) is 11.4. The number of esters is 1. The molecule has 258 valence electrons. The Balaban J connectivity index is 1.68. The van der Waals surface area contributed by atoms with Crippen LogP contribution < -0.4 is 5.32 Å². The van der Waals surface area contributed by atoms with Gasteiger partial charge in [0.05, 0.1) is 30.6 Å². The van der Waals surface area contributed by atoms with Crippen molar-refractivity contribution in [1.82, 2.24) is 15.1 Å². The highest BCUT2D eigenvalue weighted by Gasteiger charge is 2.76. The van der Waals surface area contributed by atoms with Gasteiger partial charge >= 0.3 is 5.97 Å². The van der Waals surface area contributed by atoms with Crippen molar-refractivity contribution in [2.24, 2.45) is 17.3 Å². The van der Waals surface area contributed by atoms with Crippen molar-refractivity contribution in [3.05, 3.63) is 61.2 Å². The highest BCUT2D eigenvalue weighted by Crippen LogP contribution is 2.60. The number of ether oxygens (including phenoxy) is 2. The molecule has 1 aromatic rings. The lowest BCUT2D eigenvalue weighted by molar-refractivity contribution is -0.153. The monoisotopic (exact) mass is 715 g/mol. The van der Waals surface area contributed by atoms with Gasteiger partial charge in [-0.15, -0.1) is 13.2 Å². The Morgan fingerprint density at radius 3 is 2.47 bits per heavy atom. The number of nitrogens with zero attached hydrogens (tertiary/aromatic N) is 2. The Morgan fingerprint density at radius 1 is 1.19 bits per heavy atom. The maximum atomic E-state index is 14.7. The normalized spacial score (nSPS) is 27.3. The Bertz CT molecular complexity index is 1350. The number of alkyl halides is 1. The fraction of sp³-hybridized carbons (Fsp3) is 0.611. The lowest BCUT2D eigenvalue weighted by atomic mass is 9.70. The number of carbonyl (C=O) groups is 4. The summed E-state index contributed by atoms with van der Waals surface area (Å²) in [6.07, 6.45) is 4.33. The summed E-state index contributed by atoms with van der Waals surface area (Å²) in [5, 5.41) is 13.1. The minimum atomic E-state index is -1.28. The second-order valence-electron chi connectivity index (χ2n) is 14.7. The number of fused-ring (bicyclic) bond motifs is 1. The van der Waals surface area contributed by atoms with Crippen LogP contribution in [0.2, 0.25) is 0 Å². The average Bonchev–Trinajstić information content (AvgIpc) is 3.59. The second-order valence-corrected chi connectivity index (χ2v) is 15.9. The van der Waals surface area contributed by atoms with Gasteiger partial charge in [0.2, 0.25) is 17.7 Å². The highest BCUT2D eigenvalue weighted by molar-refractivity contribution is 9.09. The lowest BCUT2D eigenvalue weighted by Crippen LogP contribution is -2.61. The molecule has 3 aliphatic heterocycles. The van der Waals surface area contributed by atoms with Gasteiger partial charge in [0.25, 0.3) is 0 Å². The fourth-order valence-corrected chi connectivity index (χ4v) is 8.95. The standard InChI is InChI=1S/C36H50BrN3O7/c1-8-10-16-26(42)46-21-25(23-14-12-11-13-15-23)38-31(43)27-28-32(44)39(18-19-41)30(36(28)20-24(37)29(27)47-36)33(45)40(17-9-2)35(6,7)22-34(3,4)5/h8-9,11-15,24-25,27-30,41H,1-2,10,16-22H2,3-7H3,(H,38,43)/t24?,25-,27-,28+,29-,30-,36+/m0/s1. The van der Waals surface area contributed by atoms with Crippen LogP contribution >= 0.6 is 15.9 Å². The van der Waals surface area contributed by atoms with Gasteiger partial charge in [-0.1, -0.05) is 79.2 Å². The van der Waals surface area contributed by atoms with E-state index in [1.165, 1.54) is 4.90 Å². The third-order valence-corrected chi connectivity index (χ3v) is 10.3. The first-order valence-corrected chi connectivity index (χ1v) is 17.3. The summed E-state index contributed by atoms with van der Waals surface area (Å²) < 4.78 is 12.2. The number of hydrogen-bond acceptors (Lipinski definition) is 7. The molecule has 10 nitrogen and oxygen atoms in total. The molecule has 47 heavy (non-hydrogen) atoms. The molecule has 0 aliphatic carbocycles. The van der Waals surface area contributed by atoms with Crippen molar-refractivity contribution in [3.8, 4) is 0 Å². The van der Waals surface area contributed by atoms with Crippen LogP contribution in [-0.2, 0) is 28.7 Å². The summed E-state index contributed by atoms with van der Waals surface area (Å²) in [5.74, 6) is -3.38. The molecule has 3 amide bonds. The number of aliphatic hydroxyl groups excluding tert-OH is 1. The molecule has 0 saturated carbocycles. The van der Waals surface area contributed by atoms with Crippen LogP contribution in [0.4, 0.5) is 0 Å². The van der Waals surface area contributed by atoms with Crippen molar-refractivity contribution in [3.63, 3.8) is 0 Å². The van der Waals surface area contributed by atoms with Gasteiger partial charge in [-0.3, -0.25) is 19.2 Å². The Labute approximate surface area is 287 Å². The van der Waals surface area contributed by atoms with Gasteiger partial charge in [0, 0.05) is 29.9 Å². The van der Waals surface area contributed by atoms with Crippen LogP contribution in [0.1, 0.15) is 71.9 Å². The van der Waals surface area contributed by atoms with E-state index in [1.54, 1.807) is 17.1 Å². The minimum absolute atomic E-state index is 0.0717. The topological polar surface area (TPSA) is 125 Å². The van der Waals surface area contributed by atoms with Gasteiger partial charge in [-0.05, 0) is 44.1 Å². The summed E-state index contributed by atoms with van der Waals surface area (Å²) in [5.41, 5.74) is -1.23. The van der Waals surface area contributed by atoms with E-state index in [4.69, 9.17) is 9.47 Å². The molecule has 3 fully saturated rings. The number of nitrogens with one attached hydrogen (secondary N) is 1. The van der Waals surface area contributed by atoms with Gasteiger partial charge < -0.3 is 29.7 Å². The number of likely N-dealkylation sites (tertiary alicyclic amines) is 1. The minimum Gasteiger partial charge on any atom is -0.463 e. The number of aliphatic hydroxyl groups is 1. The van der Waals surface area contributed by atoms with Gasteiger partial charge in [-0.2, -0.15) is 0 Å². The van der Waals surface area contributed by atoms with Crippen LogP contribution in [-0.4, -0.2) is 93.0 Å². The summed E-state index contributed by atoms with van der Waals surface area (Å²) in [4.78, 5) is 58.5. The van der Waals surface area contributed by atoms with Crippen LogP contribution in [0.5, 0.6) is 0 Å². The van der Waals surface area contributed by atoms with Gasteiger partial charge in [-0.25, -0.2) is 0 Å². The third kappa shape index (κ3) is 7.52. The van der Waals surface area contributed by atoms with E-state index < -0.39 is 58.9 Å². The molecular weight excluding hydrogens is 666 g/mol. The van der Waals surface area contributed by atoms with E-state index in [2.05, 4.69) is 55.2 Å². The van der Waals surface area contributed by atoms with Crippen molar-refractivity contribution >= 4 is 39.6 Å². The first-order chi connectivity index (χ1) is 22.1. The molecule has 0 aromatic heterocycles. The molecule has 3 aliphatic rings. The molecule has 2 bridgehead atoms. The number of rotatable bonds is 15. The van der Waals surface area contributed by atoms with Crippen LogP contribution in [0.25, 0.3) is 0 Å². The lowest BCUT2D eigenvalue weighted by Gasteiger charge is -2.45. The van der Waals surface area contributed by atoms with E-state index in [0.717, 1.165) is 5.56 Å². The summed E-state index contributed by atoms with van der Waals surface area (Å²) in [7, 11) is 0. The molecule has 2 N–H and O–H groups in total. The predicted molar refractivity (Wildman–Crippen MR) is 182 cm³/mol. The number of amides is 3. The van der Waals surface area contributed by atoms with Gasteiger partial charge in [0.15, 0.2) is 0 Å². The molecule has 0 radical (unpaired) electrons. The molecule has 3 heterocycles. The van der Waals surface area contributed by atoms with E-state index in [-0.39, 0.29) is 48.9 Å². The van der Waals surface area contributed by atoms with E-state index in [1.807, 2.05) is 44.2 Å². The summed E-state index contributed by atoms with van der Waals surface area (Å²) in [6.45, 7) is 17.6. The van der Waals surface area contributed by atoms with Crippen molar-refractivity contribution in [2.75, 3.05) is 26.3 Å². The van der Waals surface area contributed by atoms with E-state index in [9.17, 15) is 24.3 Å². The molecular formula is C36H50BrN3O7. The SMILES string of the molecule is C=CCCC(=O)OC[C@H](NC(=O)[C@@H]1[C@H]2O[C@@]3(CC2Br)[C@H](C(=O)N(CC=C)C(C)(C)CC(C)(C)C)N(CCO)C(=O)[C@@H]13)c1ccccc1. The van der Waals surface area contributed by atoms with E-state index >= 15 is 0 Å². The van der Waals surface area contributed by atoms with E-state index in [0.29, 0.717) is 19.3 Å². The van der Waals surface area contributed by atoms with Crippen LogP contribution in [0.15, 0.2) is 55.6 Å². The number of carbonyl (C=O) groups excluding carboxylic acids is 4. The first-order valence-electron chi connectivity index (χ1n) is 16.4. The molecule has 3 saturated heterocycles. The molecule has 1 aromatic carbocycles. The zero-order valence-corrected chi connectivity index (χ0v) is 29.8. The zero-order chi connectivity index (χ0) is 34.7. The smallest absolute Gasteiger partial charge is 0.306 e. The summed E-state index contributed by atoms with van der Waals surface area (Å²) >= 11 is 3.72. The molecule has 7 atom stereocenters. The zero-order valence-electron chi connectivity index (χ0n) is 28.2. The maximum Gasteiger partial charge on any atom is 0.306 e. The quantitative estimate of drug-likeness (QED) is 0.157. The van der Waals surface area contributed by atoms with Crippen LogP contribution in [0, 0.1) is 17.3 Å². The number of hydrogen-bond donors (Lipinski definition) is 2.